The Morgan fingerprint density at radius 2 is 1.90 bits per heavy atom. The molecule has 0 amide bonds. The van der Waals surface area contributed by atoms with Crippen LogP contribution in [0.1, 0.15) is 19.3 Å². The molecule has 0 spiro atoms. The molecule has 20 heavy (non-hydrogen) atoms. The Hall–Kier alpha value is -1.28. The van der Waals surface area contributed by atoms with Crippen molar-refractivity contribution in [3.63, 3.8) is 0 Å². The van der Waals surface area contributed by atoms with Crippen LogP contribution in [-0.4, -0.2) is 52.2 Å². The molecule has 1 fully saturated rings. The fourth-order valence-electron chi connectivity index (χ4n) is 1.92. The maximum absolute atomic E-state index is 13.0. The molecule has 9 heteroatoms. The van der Waals surface area contributed by atoms with Crippen LogP contribution in [-0.2, 0) is 0 Å². The molecule has 0 atom stereocenters. The number of aromatic nitrogens is 3. The van der Waals surface area contributed by atoms with Crippen molar-refractivity contribution in [1.82, 2.24) is 15.0 Å². The van der Waals surface area contributed by atoms with Crippen molar-refractivity contribution in [2.45, 2.75) is 25.2 Å². The molecule has 1 aromatic heterocycles. The van der Waals surface area contributed by atoms with Crippen molar-refractivity contribution < 1.29 is 13.9 Å². The number of hydrogen-bond acceptors (Lipinski definition) is 6. The summed E-state index contributed by atoms with van der Waals surface area (Å²) in [4.78, 5) is 13.8. The number of nitrogens with zero attached hydrogens (tertiary/aromatic N) is 4. The van der Waals surface area contributed by atoms with E-state index in [4.69, 9.17) is 16.7 Å². The molecule has 0 saturated carbocycles. The van der Waals surface area contributed by atoms with Crippen LogP contribution in [0.15, 0.2) is 0 Å². The lowest BCUT2D eigenvalue weighted by Crippen LogP contribution is -2.33. The van der Waals surface area contributed by atoms with E-state index < -0.39 is 19.1 Å². The zero-order chi connectivity index (χ0) is 14.6. The molecule has 6 nitrogen and oxygen atoms in total. The van der Waals surface area contributed by atoms with Crippen molar-refractivity contribution in [2.24, 2.45) is 0 Å². The van der Waals surface area contributed by atoms with Gasteiger partial charge in [0, 0.05) is 13.1 Å². The summed E-state index contributed by atoms with van der Waals surface area (Å²) in [5, 5.41) is 10.8. The summed E-state index contributed by atoms with van der Waals surface area (Å²) in [6.45, 7) is -0.375. The standard InChI is InChI=1S/C11H16ClF2N5O/c12-8-16-9(15-6-11(13,14)7-20)18-10(17-8)19-4-2-1-3-5-19/h20H,1-7H2,(H,15,16,17,18). The number of halogens is 3. The molecule has 0 aromatic carbocycles. The van der Waals surface area contributed by atoms with Gasteiger partial charge in [0.25, 0.3) is 5.92 Å². The quantitative estimate of drug-likeness (QED) is 0.860. The highest BCUT2D eigenvalue weighted by atomic mass is 35.5. The highest BCUT2D eigenvalue weighted by Crippen LogP contribution is 2.19. The van der Waals surface area contributed by atoms with Crippen molar-refractivity contribution in [2.75, 3.05) is 36.5 Å². The van der Waals surface area contributed by atoms with Gasteiger partial charge < -0.3 is 15.3 Å². The average Bonchev–Trinajstić information content (AvgIpc) is 2.46. The number of alkyl halides is 2. The Labute approximate surface area is 120 Å². The van der Waals surface area contributed by atoms with E-state index in [9.17, 15) is 8.78 Å². The summed E-state index contributed by atoms with van der Waals surface area (Å²) in [5.41, 5.74) is 0. The van der Waals surface area contributed by atoms with Crippen LogP contribution < -0.4 is 10.2 Å². The normalized spacial score (nSPS) is 16.3. The van der Waals surface area contributed by atoms with Crippen molar-refractivity contribution in [3.05, 3.63) is 5.28 Å². The number of piperidine rings is 1. The lowest BCUT2D eigenvalue weighted by Gasteiger charge is -2.26. The van der Waals surface area contributed by atoms with Crippen LogP contribution in [0, 0.1) is 0 Å². The van der Waals surface area contributed by atoms with Gasteiger partial charge in [0.15, 0.2) is 0 Å². The Morgan fingerprint density at radius 3 is 2.55 bits per heavy atom. The van der Waals surface area contributed by atoms with Gasteiger partial charge in [-0.3, -0.25) is 0 Å². The van der Waals surface area contributed by atoms with E-state index in [2.05, 4.69) is 20.3 Å². The van der Waals surface area contributed by atoms with Crippen molar-refractivity contribution in [1.29, 1.82) is 0 Å². The number of anilines is 2. The summed E-state index contributed by atoms with van der Waals surface area (Å²) < 4.78 is 25.9. The number of hydrogen-bond donors (Lipinski definition) is 2. The first-order valence-corrected chi connectivity index (χ1v) is 6.77. The number of aliphatic hydroxyl groups is 1. The second kappa shape index (κ2) is 6.45. The predicted molar refractivity (Wildman–Crippen MR) is 71.4 cm³/mol. The van der Waals surface area contributed by atoms with Crippen LogP contribution >= 0.6 is 11.6 Å². The Kier molecular flexibility index (Phi) is 4.87. The van der Waals surface area contributed by atoms with Crippen LogP contribution in [0.4, 0.5) is 20.7 Å². The van der Waals surface area contributed by atoms with E-state index in [0.717, 1.165) is 32.4 Å². The molecule has 112 valence electrons. The second-order valence-corrected chi connectivity index (χ2v) is 4.98. The fraction of sp³-hybridized carbons (Fsp3) is 0.727. The minimum absolute atomic E-state index is 0.0151. The first-order valence-electron chi connectivity index (χ1n) is 6.39. The lowest BCUT2D eigenvalue weighted by molar-refractivity contribution is -0.0374. The van der Waals surface area contributed by atoms with E-state index in [1.54, 1.807) is 0 Å². The third kappa shape index (κ3) is 4.11. The van der Waals surface area contributed by atoms with E-state index in [1.807, 2.05) is 4.90 Å². The third-order valence-corrected chi connectivity index (χ3v) is 3.14. The smallest absolute Gasteiger partial charge is 0.287 e. The van der Waals surface area contributed by atoms with Crippen LogP contribution in [0.2, 0.25) is 5.28 Å². The maximum Gasteiger partial charge on any atom is 0.287 e. The van der Waals surface area contributed by atoms with Crippen LogP contribution in [0.25, 0.3) is 0 Å². The third-order valence-electron chi connectivity index (χ3n) is 2.97. The van der Waals surface area contributed by atoms with Gasteiger partial charge in [-0.25, -0.2) is 8.78 Å². The van der Waals surface area contributed by atoms with Gasteiger partial charge in [-0.2, -0.15) is 15.0 Å². The monoisotopic (exact) mass is 307 g/mol. The van der Waals surface area contributed by atoms with Crippen LogP contribution in [0.3, 0.4) is 0 Å². The van der Waals surface area contributed by atoms with Gasteiger partial charge in [-0.15, -0.1) is 0 Å². The molecular weight excluding hydrogens is 292 g/mol. The summed E-state index contributed by atoms with van der Waals surface area (Å²) >= 11 is 5.79. The van der Waals surface area contributed by atoms with E-state index in [-0.39, 0.29) is 11.2 Å². The molecule has 0 radical (unpaired) electrons. The minimum Gasteiger partial charge on any atom is -0.390 e. The molecule has 2 N–H and O–H groups in total. The molecule has 1 aliphatic heterocycles. The highest BCUT2D eigenvalue weighted by Gasteiger charge is 2.28. The van der Waals surface area contributed by atoms with Gasteiger partial charge in [-0.05, 0) is 30.9 Å². The minimum atomic E-state index is -3.23. The first kappa shape index (κ1) is 15.1. The molecule has 1 saturated heterocycles. The Morgan fingerprint density at radius 1 is 1.20 bits per heavy atom. The molecule has 1 aliphatic rings. The molecule has 2 rings (SSSR count). The van der Waals surface area contributed by atoms with Crippen molar-refractivity contribution >= 4 is 23.5 Å². The number of nitrogens with one attached hydrogen (secondary N) is 1. The Bertz CT molecular complexity index is 456. The zero-order valence-electron chi connectivity index (χ0n) is 10.8. The van der Waals surface area contributed by atoms with Gasteiger partial charge in [0.1, 0.15) is 6.61 Å². The van der Waals surface area contributed by atoms with E-state index in [1.165, 1.54) is 0 Å². The van der Waals surface area contributed by atoms with E-state index >= 15 is 0 Å². The molecule has 0 aliphatic carbocycles. The van der Waals surface area contributed by atoms with Gasteiger partial charge in [0.05, 0.1) is 6.54 Å². The molecule has 2 heterocycles. The number of aliphatic hydroxyl groups excluding tert-OH is 1. The maximum atomic E-state index is 13.0. The van der Waals surface area contributed by atoms with E-state index in [0.29, 0.717) is 5.95 Å². The summed E-state index contributed by atoms with van der Waals surface area (Å²) in [5.74, 6) is -2.86. The molecule has 1 aromatic rings. The van der Waals surface area contributed by atoms with Gasteiger partial charge in [-0.1, -0.05) is 0 Å². The van der Waals surface area contributed by atoms with Crippen molar-refractivity contribution in [3.8, 4) is 0 Å². The fourth-order valence-corrected chi connectivity index (χ4v) is 2.07. The van der Waals surface area contributed by atoms with Gasteiger partial charge in [0.2, 0.25) is 17.2 Å². The SMILES string of the molecule is OCC(F)(F)CNc1nc(Cl)nc(N2CCCCC2)n1. The summed E-state index contributed by atoms with van der Waals surface area (Å²) in [6.07, 6.45) is 3.23. The average molecular weight is 308 g/mol. The second-order valence-electron chi connectivity index (χ2n) is 4.64. The highest BCUT2D eigenvalue weighted by molar-refractivity contribution is 6.28. The topological polar surface area (TPSA) is 74.2 Å². The summed E-state index contributed by atoms with van der Waals surface area (Å²) in [7, 11) is 0. The molecule has 0 unspecified atom stereocenters. The predicted octanol–water partition coefficient (Wildman–Crippen LogP) is 1.55. The molecular formula is C11H16ClF2N5O. The Balaban J connectivity index is 2.08. The molecule has 0 bridgehead atoms. The zero-order valence-corrected chi connectivity index (χ0v) is 11.6. The van der Waals surface area contributed by atoms with Crippen LogP contribution in [0.5, 0.6) is 0 Å². The largest absolute Gasteiger partial charge is 0.390 e. The first-order chi connectivity index (χ1) is 9.50. The van der Waals surface area contributed by atoms with Gasteiger partial charge >= 0.3 is 0 Å². The lowest BCUT2D eigenvalue weighted by atomic mass is 10.1. The summed E-state index contributed by atoms with van der Waals surface area (Å²) in [6, 6.07) is 0. The number of rotatable bonds is 5.